The van der Waals surface area contributed by atoms with E-state index in [1.165, 1.54) is 4.90 Å². The number of carbonyl (C=O) groups is 3. The van der Waals surface area contributed by atoms with Crippen LogP contribution in [0.15, 0.2) is 72.9 Å². The van der Waals surface area contributed by atoms with Crippen LogP contribution in [0.3, 0.4) is 0 Å². The van der Waals surface area contributed by atoms with Crippen LogP contribution < -0.4 is 4.90 Å². The van der Waals surface area contributed by atoms with Gasteiger partial charge in [-0.25, -0.2) is 4.90 Å². The number of nitrogens with zero attached hydrogens (tertiary/aromatic N) is 2. The normalized spacial score (nSPS) is 25.5. The maximum absolute atomic E-state index is 14.1. The molecule has 0 saturated carbocycles. The molecule has 0 bridgehead atoms. The Kier molecular flexibility index (Phi) is 4.37. The molecule has 5 nitrogen and oxygen atoms in total. The van der Waals surface area contributed by atoms with Crippen molar-refractivity contribution in [2.24, 2.45) is 17.3 Å². The largest absolute Gasteiger partial charge is 0.359 e. The molecule has 3 aliphatic heterocycles. The van der Waals surface area contributed by atoms with Gasteiger partial charge in [-0.2, -0.15) is 0 Å². The molecule has 0 N–H and O–H groups in total. The van der Waals surface area contributed by atoms with E-state index in [1.807, 2.05) is 105 Å². The van der Waals surface area contributed by atoms with Gasteiger partial charge in [0.05, 0.1) is 23.6 Å². The summed E-state index contributed by atoms with van der Waals surface area (Å²) < 4.78 is 0. The van der Waals surface area contributed by atoms with E-state index in [0.717, 1.165) is 21.9 Å². The highest BCUT2D eigenvalue weighted by atomic mass is 16.2. The molecule has 0 aliphatic carbocycles. The summed E-state index contributed by atoms with van der Waals surface area (Å²) in [5.74, 6) is -1.87. The summed E-state index contributed by atoms with van der Waals surface area (Å²) in [7, 11) is 0. The molecule has 0 unspecified atom stereocenters. The quantitative estimate of drug-likeness (QED) is 0.517. The van der Waals surface area contributed by atoms with Gasteiger partial charge in [-0.05, 0) is 28.7 Å². The number of hydrogen-bond donors (Lipinski definition) is 0. The van der Waals surface area contributed by atoms with Gasteiger partial charge in [-0.3, -0.25) is 14.4 Å². The monoisotopic (exact) mass is 450 g/mol. The lowest BCUT2D eigenvalue weighted by molar-refractivity contribution is -0.135. The van der Waals surface area contributed by atoms with Gasteiger partial charge in [0.1, 0.15) is 6.04 Å². The highest BCUT2D eigenvalue weighted by Gasteiger charge is 2.65. The summed E-state index contributed by atoms with van der Waals surface area (Å²) in [6.45, 7) is 5.63. The van der Waals surface area contributed by atoms with E-state index in [4.69, 9.17) is 0 Å². The maximum Gasteiger partial charge on any atom is 0.240 e. The third-order valence-corrected chi connectivity index (χ3v) is 7.48. The Bertz CT molecular complexity index is 1390. The third kappa shape index (κ3) is 2.76. The zero-order chi connectivity index (χ0) is 23.8. The number of fused-ring (bicyclic) bond motifs is 6. The van der Waals surface area contributed by atoms with Crippen LogP contribution in [0, 0.1) is 17.3 Å². The number of ketones is 1. The van der Waals surface area contributed by atoms with Crippen molar-refractivity contribution in [3.05, 3.63) is 84.1 Å². The number of rotatable bonds is 2. The molecule has 4 atom stereocenters. The van der Waals surface area contributed by atoms with Crippen LogP contribution in [-0.4, -0.2) is 28.5 Å². The first kappa shape index (κ1) is 20.8. The number of carbonyl (C=O) groups excluding carboxylic acids is 3. The van der Waals surface area contributed by atoms with Gasteiger partial charge in [0, 0.05) is 17.0 Å². The smallest absolute Gasteiger partial charge is 0.240 e. The molecule has 3 aliphatic rings. The van der Waals surface area contributed by atoms with E-state index >= 15 is 0 Å². The van der Waals surface area contributed by atoms with E-state index in [2.05, 4.69) is 0 Å². The van der Waals surface area contributed by atoms with Crippen molar-refractivity contribution in [3.63, 3.8) is 0 Å². The molecule has 0 spiro atoms. The van der Waals surface area contributed by atoms with Gasteiger partial charge in [-0.1, -0.05) is 81.4 Å². The van der Waals surface area contributed by atoms with Gasteiger partial charge in [-0.15, -0.1) is 0 Å². The fraction of sp³-hybridized carbons (Fsp3) is 0.276. The Morgan fingerprint density at radius 1 is 0.824 bits per heavy atom. The fourth-order valence-corrected chi connectivity index (χ4v) is 5.94. The van der Waals surface area contributed by atoms with Crippen molar-refractivity contribution in [2.75, 3.05) is 4.90 Å². The molecular weight excluding hydrogens is 424 g/mol. The molecule has 170 valence electrons. The van der Waals surface area contributed by atoms with Crippen LogP contribution in [0.2, 0.25) is 0 Å². The number of Topliss-reactive ketones (excluding diaryl/α,β-unsaturated/α-hetero) is 1. The minimum Gasteiger partial charge on any atom is -0.359 e. The second-order valence-corrected chi connectivity index (χ2v) is 10.5. The number of imide groups is 1. The van der Waals surface area contributed by atoms with Gasteiger partial charge in [0.15, 0.2) is 5.78 Å². The molecule has 3 heterocycles. The summed E-state index contributed by atoms with van der Waals surface area (Å²) in [6.07, 6.45) is 3.88. The van der Waals surface area contributed by atoms with Crippen LogP contribution in [0.5, 0.6) is 0 Å². The molecule has 6 rings (SSSR count). The maximum atomic E-state index is 14.1. The molecule has 34 heavy (non-hydrogen) atoms. The van der Waals surface area contributed by atoms with Crippen LogP contribution in [-0.2, 0) is 14.4 Å². The summed E-state index contributed by atoms with van der Waals surface area (Å²) in [6, 6.07) is 20.3. The fourth-order valence-electron chi connectivity index (χ4n) is 5.94. The molecule has 3 aromatic carbocycles. The predicted octanol–water partition coefficient (Wildman–Crippen LogP) is 4.97. The third-order valence-electron chi connectivity index (χ3n) is 7.48. The molecule has 2 fully saturated rings. The SMILES string of the molecule is CC(C)(C)C(=O)[C@@H]1[C@@H]2C(=O)N(c3cccc4ccccc34)C(=O)[C@@H]2[C@H]2c3ccccc3C=CN12. The minimum absolute atomic E-state index is 0.0186. The molecule has 2 amide bonds. The van der Waals surface area contributed by atoms with Gasteiger partial charge >= 0.3 is 0 Å². The number of anilines is 1. The van der Waals surface area contributed by atoms with Gasteiger partial charge < -0.3 is 4.90 Å². The molecule has 3 aromatic rings. The van der Waals surface area contributed by atoms with E-state index in [1.54, 1.807) is 0 Å². The van der Waals surface area contributed by atoms with Crippen molar-refractivity contribution in [2.45, 2.75) is 32.9 Å². The number of benzene rings is 3. The molecular formula is C29H26N2O3. The Morgan fingerprint density at radius 2 is 1.50 bits per heavy atom. The van der Waals surface area contributed by atoms with Gasteiger partial charge in [0.2, 0.25) is 11.8 Å². The van der Waals surface area contributed by atoms with Crippen molar-refractivity contribution < 1.29 is 14.4 Å². The molecule has 0 aromatic heterocycles. The zero-order valence-corrected chi connectivity index (χ0v) is 19.4. The average molecular weight is 451 g/mol. The summed E-state index contributed by atoms with van der Waals surface area (Å²) in [5, 5.41) is 1.82. The van der Waals surface area contributed by atoms with Crippen LogP contribution in [0.25, 0.3) is 16.8 Å². The first-order chi connectivity index (χ1) is 16.3. The zero-order valence-electron chi connectivity index (χ0n) is 19.4. The number of amides is 2. The minimum atomic E-state index is -0.723. The molecule has 5 heteroatoms. The lowest BCUT2D eigenvalue weighted by Gasteiger charge is -2.37. The lowest BCUT2D eigenvalue weighted by Crippen LogP contribution is -2.47. The predicted molar refractivity (Wildman–Crippen MR) is 132 cm³/mol. The Hall–Kier alpha value is -3.73. The Morgan fingerprint density at radius 3 is 2.29 bits per heavy atom. The molecule has 0 radical (unpaired) electrons. The second kappa shape index (κ2) is 7.13. The van der Waals surface area contributed by atoms with Crippen molar-refractivity contribution in [1.29, 1.82) is 0 Å². The van der Waals surface area contributed by atoms with Gasteiger partial charge in [0.25, 0.3) is 0 Å². The lowest BCUT2D eigenvalue weighted by atomic mass is 9.79. The van der Waals surface area contributed by atoms with Crippen LogP contribution >= 0.6 is 0 Å². The van der Waals surface area contributed by atoms with Crippen LogP contribution in [0.4, 0.5) is 5.69 Å². The van der Waals surface area contributed by atoms with E-state index in [0.29, 0.717) is 5.69 Å². The van der Waals surface area contributed by atoms with E-state index in [-0.39, 0.29) is 23.6 Å². The average Bonchev–Trinajstić information content (AvgIpc) is 3.30. The van der Waals surface area contributed by atoms with Crippen LogP contribution in [0.1, 0.15) is 37.9 Å². The standard InChI is InChI=1S/C29H26N2O3/c1-29(2,3)26(32)25-23-22(24-20-13-7-5-10-18(20)15-16-30(24)25)27(33)31(28(23)34)21-14-8-11-17-9-4-6-12-19(17)21/h4-16,22-25H,1-3H3/t22-,23+,24+,25-/m0/s1. The summed E-state index contributed by atoms with van der Waals surface area (Å²) in [5.41, 5.74) is 1.96. The van der Waals surface area contributed by atoms with Crippen molar-refractivity contribution >= 4 is 40.1 Å². The van der Waals surface area contributed by atoms with Crippen molar-refractivity contribution in [1.82, 2.24) is 4.90 Å². The molecule has 2 saturated heterocycles. The second-order valence-electron chi connectivity index (χ2n) is 10.5. The highest BCUT2D eigenvalue weighted by Crippen LogP contribution is 2.54. The van der Waals surface area contributed by atoms with E-state index in [9.17, 15) is 14.4 Å². The highest BCUT2D eigenvalue weighted by molar-refractivity contribution is 6.26. The summed E-state index contributed by atoms with van der Waals surface area (Å²) >= 11 is 0. The Balaban J connectivity index is 1.54. The summed E-state index contributed by atoms with van der Waals surface area (Å²) in [4.78, 5) is 45.2. The topological polar surface area (TPSA) is 57.7 Å². The first-order valence-corrected chi connectivity index (χ1v) is 11.7. The van der Waals surface area contributed by atoms with E-state index < -0.39 is 23.3 Å². The van der Waals surface area contributed by atoms with Crippen molar-refractivity contribution in [3.8, 4) is 0 Å². The Labute approximate surface area is 198 Å². The number of hydrogen-bond acceptors (Lipinski definition) is 4. The first-order valence-electron chi connectivity index (χ1n) is 11.7.